The lowest BCUT2D eigenvalue weighted by Crippen LogP contribution is -2.42. The molecular weight excluding hydrogens is 503 g/mol. The summed E-state index contributed by atoms with van der Waals surface area (Å²) in [5.74, 6) is -0.769. The first kappa shape index (κ1) is 24.8. The predicted octanol–water partition coefficient (Wildman–Crippen LogP) is 3.86. The minimum Gasteiger partial charge on any atom is -0.324 e. The van der Waals surface area contributed by atoms with Crippen molar-refractivity contribution < 1.29 is 17.6 Å². The van der Waals surface area contributed by atoms with Crippen LogP contribution in [0.25, 0.3) is 10.2 Å². The number of nitrogens with zero attached hydrogens (tertiary/aromatic N) is 3. The average molecular weight is 527 g/mol. The fourth-order valence-electron chi connectivity index (χ4n) is 4.40. The lowest BCUT2D eigenvalue weighted by molar-refractivity contribution is -0.116. The average Bonchev–Trinajstić information content (AvgIpc) is 3.09. The first-order valence-corrected chi connectivity index (χ1v) is 13.3. The molecule has 0 radical (unpaired) electrons. The minimum atomic E-state index is -3.93. The van der Waals surface area contributed by atoms with Gasteiger partial charge < -0.3 is 5.32 Å². The number of thiophene rings is 1. The van der Waals surface area contributed by atoms with E-state index in [0.29, 0.717) is 22.8 Å². The van der Waals surface area contributed by atoms with E-state index in [1.54, 1.807) is 6.92 Å². The van der Waals surface area contributed by atoms with Crippen LogP contribution in [0.15, 0.2) is 34.2 Å². The molecule has 0 saturated carbocycles. The maximum atomic E-state index is 13.6. The van der Waals surface area contributed by atoms with Crippen molar-refractivity contribution >= 4 is 54.8 Å². The van der Waals surface area contributed by atoms with Crippen molar-refractivity contribution in [2.75, 3.05) is 18.4 Å². The lowest BCUT2D eigenvalue weighted by Gasteiger charge is -2.34. The Morgan fingerprint density at radius 2 is 1.97 bits per heavy atom. The molecule has 8 nitrogen and oxygen atoms in total. The van der Waals surface area contributed by atoms with E-state index in [1.807, 2.05) is 13.8 Å². The largest absolute Gasteiger partial charge is 0.324 e. The number of piperidine rings is 1. The molecule has 4 rings (SSSR count). The molecule has 1 aliphatic heterocycles. The monoisotopic (exact) mass is 526 g/mol. The van der Waals surface area contributed by atoms with Crippen LogP contribution in [0.5, 0.6) is 0 Å². The van der Waals surface area contributed by atoms with Gasteiger partial charge in [-0.15, -0.1) is 11.3 Å². The highest BCUT2D eigenvalue weighted by Gasteiger charge is 2.35. The highest BCUT2D eigenvalue weighted by Crippen LogP contribution is 2.35. The van der Waals surface area contributed by atoms with Gasteiger partial charge in [-0.3, -0.25) is 14.2 Å². The van der Waals surface area contributed by atoms with Gasteiger partial charge in [0.05, 0.1) is 16.7 Å². The van der Waals surface area contributed by atoms with Crippen LogP contribution >= 0.6 is 22.9 Å². The van der Waals surface area contributed by atoms with E-state index < -0.39 is 33.9 Å². The summed E-state index contributed by atoms with van der Waals surface area (Å²) in [4.78, 5) is 30.8. The number of rotatable bonds is 5. The molecule has 3 aromatic rings. The zero-order valence-electron chi connectivity index (χ0n) is 18.8. The Morgan fingerprint density at radius 1 is 1.29 bits per heavy atom. The third-order valence-corrected chi connectivity index (χ3v) is 9.19. The Bertz CT molecular complexity index is 1430. The zero-order chi connectivity index (χ0) is 24.8. The van der Waals surface area contributed by atoms with Crippen LogP contribution in [0.3, 0.4) is 0 Å². The van der Waals surface area contributed by atoms with Crippen molar-refractivity contribution in [1.29, 1.82) is 0 Å². The van der Waals surface area contributed by atoms with Gasteiger partial charge in [-0.05, 0) is 43.4 Å². The number of hydrogen-bond acceptors (Lipinski definition) is 6. The fraction of sp³-hybridized carbons (Fsp3) is 0.409. The predicted molar refractivity (Wildman–Crippen MR) is 130 cm³/mol. The smallest absolute Gasteiger partial charge is 0.263 e. The van der Waals surface area contributed by atoms with E-state index in [9.17, 15) is 22.4 Å². The van der Waals surface area contributed by atoms with Crippen LogP contribution in [-0.4, -0.2) is 41.3 Å². The second-order valence-corrected chi connectivity index (χ2v) is 12.3. The molecule has 2 atom stereocenters. The number of carbonyl (C=O) groups is 1. The summed E-state index contributed by atoms with van der Waals surface area (Å²) < 4.78 is 43.0. The van der Waals surface area contributed by atoms with Crippen LogP contribution in [0.4, 0.5) is 10.1 Å². The molecule has 0 unspecified atom stereocenters. The number of fused-ring (bicyclic) bond motifs is 1. The Kier molecular flexibility index (Phi) is 6.83. The summed E-state index contributed by atoms with van der Waals surface area (Å²) >= 11 is 6.88. The van der Waals surface area contributed by atoms with Crippen LogP contribution in [-0.2, 0) is 21.4 Å². The molecule has 12 heteroatoms. The van der Waals surface area contributed by atoms with E-state index in [4.69, 9.17) is 11.6 Å². The topological polar surface area (TPSA) is 101 Å². The van der Waals surface area contributed by atoms with Gasteiger partial charge in [0.25, 0.3) is 5.56 Å². The Hall–Kier alpha value is -2.34. The summed E-state index contributed by atoms with van der Waals surface area (Å²) in [7, 11) is -3.93. The number of aromatic nitrogens is 2. The van der Waals surface area contributed by atoms with Gasteiger partial charge >= 0.3 is 0 Å². The summed E-state index contributed by atoms with van der Waals surface area (Å²) in [5.41, 5.74) is -0.347. The molecule has 1 saturated heterocycles. The molecule has 1 aliphatic rings. The summed E-state index contributed by atoms with van der Waals surface area (Å²) in [6, 6.07) is 3.72. The first-order chi connectivity index (χ1) is 16.0. The van der Waals surface area contributed by atoms with Crippen molar-refractivity contribution in [3.05, 3.63) is 50.6 Å². The normalized spacial score (nSPS) is 19.4. The van der Waals surface area contributed by atoms with Gasteiger partial charge in [0.15, 0.2) is 0 Å². The molecule has 1 amide bonds. The molecular formula is C22H24ClFN4O4S2. The van der Waals surface area contributed by atoms with Crippen molar-refractivity contribution in [2.45, 2.75) is 38.6 Å². The third-order valence-electron chi connectivity index (χ3n) is 5.75. The number of halogens is 2. The molecule has 0 aliphatic carbocycles. The van der Waals surface area contributed by atoms with E-state index in [0.717, 1.165) is 28.4 Å². The zero-order valence-corrected chi connectivity index (χ0v) is 21.2. The lowest BCUT2D eigenvalue weighted by atomic mass is 9.94. The minimum absolute atomic E-state index is 0.00601. The van der Waals surface area contributed by atoms with E-state index in [-0.39, 0.29) is 32.8 Å². The number of nitrogens with one attached hydrogen (secondary N) is 1. The molecule has 34 heavy (non-hydrogen) atoms. The quantitative estimate of drug-likeness (QED) is 0.544. The van der Waals surface area contributed by atoms with Crippen molar-refractivity contribution in [1.82, 2.24) is 13.9 Å². The highest BCUT2D eigenvalue weighted by atomic mass is 35.5. The van der Waals surface area contributed by atoms with Gasteiger partial charge in [-0.25, -0.2) is 17.8 Å². The molecule has 1 N–H and O–H groups in total. The van der Waals surface area contributed by atoms with Gasteiger partial charge in [0.1, 0.15) is 22.1 Å². The number of hydrogen-bond donors (Lipinski definition) is 1. The van der Waals surface area contributed by atoms with Crippen molar-refractivity contribution in [2.24, 2.45) is 11.8 Å². The molecule has 2 aromatic heterocycles. The summed E-state index contributed by atoms with van der Waals surface area (Å²) in [6.07, 6.45) is 2.16. The standard InChI is InChI=1S/C22H24ClFN4O4S2/c1-12-6-13(2)9-28(8-12)34(31,32)20-14(3)33-21-19(20)22(30)27(11-25-21)10-18(29)26-15-4-5-17(24)16(23)7-15/h4-5,7,11-13H,6,8-10H2,1-3H3,(H,26,29)/t12-,13+. The van der Waals surface area contributed by atoms with E-state index in [2.05, 4.69) is 10.3 Å². The number of sulfonamides is 1. The van der Waals surface area contributed by atoms with E-state index >= 15 is 0 Å². The Morgan fingerprint density at radius 3 is 2.62 bits per heavy atom. The second kappa shape index (κ2) is 9.37. The van der Waals surface area contributed by atoms with Gasteiger partial charge in [-0.1, -0.05) is 25.4 Å². The second-order valence-electron chi connectivity index (χ2n) is 8.79. The molecule has 0 bridgehead atoms. The van der Waals surface area contributed by atoms with Crippen molar-refractivity contribution in [3.8, 4) is 0 Å². The van der Waals surface area contributed by atoms with Crippen LogP contribution in [0.2, 0.25) is 5.02 Å². The molecule has 0 spiro atoms. The highest BCUT2D eigenvalue weighted by molar-refractivity contribution is 7.89. The fourth-order valence-corrected chi connectivity index (χ4v) is 7.92. The SMILES string of the molecule is Cc1sc2ncn(CC(=O)Nc3ccc(F)c(Cl)c3)c(=O)c2c1S(=O)(=O)N1C[C@H](C)C[C@H](C)C1. The van der Waals surface area contributed by atoms with Crippen molar-refractivity contribution in [3.63, 3.8) is 0 Å². The Balaban J connectivity index is 1.68. The molecule has 1 aromatic carbocycles. The van der Waals surface area contributed by atoms with Crippen LogP contribution in [0.1, 0.15) is 25.1 Å². The molecule has 3 heterocycles. The number of carbonyl (C=O) groups excluding carboxylic acids is 1. The van der Waals surface area contributed by atoms with Gasteiger partial charge in [-0.2, -0.15) is 4.31 Å². The third kappa shape index (κ3) is 4.74. The summed E-state index contributed by atoms with van der Waals surface area (Å²) in [5, 5.41) is 2.39. The molecule has 182 valence electrons. The van der Waals surface area contributed by atoms with Gasteiger partial charge in [0, 0.05) is 23.7 Å². The maximum absolute atomic E-state index is 13.6. The van der Waals surface area contributed by atoms with E-state index in [1.165, 1.54) is 22.8 Å². The van der Waals surface area contributed by atoms with Crippen LogP contribution in [0, 0.1) is 24.6 Å². The Labute approximate surface area is 205 Å². The maximum Gasteiger partial charge on any atom is 0.263 e. The van der Waals surface area contributed by atoms with Gasteiger partial charge in [0.2, 0.25) is 15.9 Å². The number of amides is 1. The summed E-state index contributed by atoms with van der Waals surface area (Å²) in [6.45, 7) is 6.06. The van der Waals surface area contributed by atoms with Crippen LogP contribution < -0.4 is 10.9 Å². The first-order valence-electron chi connectivity index (χ1n) is 10.7. The number of anilines is 1. The number of aryl methyl sites for hydroxylation is 1. The molecule has 1 fully saturated rings. The number of benzene rings is 1.